The van der Waals surface area contributed by atoms with Crippen molar-refractivity contribution in [1.82, 2.24) is 4.90 Å². The number of phenolic OH excluding ortho intramolecular Hbond substituents is 1. The van der Waals surface area contributed by atoms with Crippen LogP contribution >= 0.6 is 0 Å². The number of methoxy groups -OCH3 is 3. The summed E-state index contributed by atoms with van der Waals surface area (Å²) in [6.45, 7) is 0.0219. The number of hydrogen-bond donors (Lipinski definition) is 2. The van der Waals surface area contributed by atoms with Crippen molar-refractivity contribution in [3.63, 3.8) is 0 Å². The number of ketones is 1. The number of carbonyl (C=O) groups is 3. The van der Waals surface area contributed by atoms with Gasteiger partial charge in [-0.1, -0.05) is 24.3 Å². The summed E-state index contributed by atoms with van der Waals surface area (Å²) in [5.74, 6) is -1.81. The van der Waals surface area contributed by atoms with Crippen LogP contribution in [0.15, 0.2) is 72.3 Å². The van der Waals surface area contributed by atoms with Crippen molar-refractivity contribution in [3.05, 3.63) is 94.6 Å². The van der Waals surface area contributed by atoms with Gasteiger partial charge in [-0.05, 0) is 47.5 Å². The maximum atomic E-state index is 13.3. The molecule has 3 aromatic rings. The lowest BCUT2D eigenvalue weighted by molar-refractivity contribution is -0.140. The maximum Gasteiger partial charge on any atom is 0.337 e. The van der Waals surface area contributed by atoms with Crippen molar-refractivity contribution in [3.8, 4) is 17.2 Å². The van der Waals surface area contributed by atoms with Crippen LogP contribution in [0.3, 0.4) is 0 Å². The molecular weight excluding hydrogens is 478 g/mol. The van der Waals surface area contributed by atoms with Crippen LogP contribution in [0.25, 0.3) is 5.76 Å². The monoisotopic (exact) mass is 503 g/mol. The zero-order valence-electron chi connectivity index (χ0n) is 20.4. The molecule has 1 aliphatic rings. The normalized spacial score (nSPS) is 16.5. The molecule has 1 amide bonds. The predicted octanol–water partition coefficient (Wildman–Crippen LogP) is 3.82. The lowest BCUT2D eigenvalue weighted by Crippen LogP contribution is -2.29. The summed E-state index contributed by atoms with van der Waals surface area (Å²) in [7, 11) is 4.19. The molecule has 1 fully saturated rings. The van der Waals surface area contributed by atoms with Crippen LogP contribution in [0.4, 0.5) is 0 Å². The van der Waals surface area contributed by atoms with Gasteiger partial charge in [0.25, 0.3) is 11.7 Å². The fraction of sp³-hybridized carbons (Fsp3) is 0.179. The third-order valence-electron chi connectivity index (χ3n) is 6.14. The Morgan fingerprint density at radius 2 is 1.59 bits per heavy atom. The topological polar surface area (TPSA) is 123 Å². The number of Topliss-reactive ketones (excluding diaryl/α,β-unsaturated/α-hetero) is 1. The molecule has 1 saturated heterocycles. The Bertz CT molecular complexity index is 1380. The summed E-state index contributed by atoms with van der Waals surface area (Å²) in [6, 6.07) is 16.2. The molecule has 0 aliphatic carbocycles. The highest BCUT2D eigenvalue weighted by atomic mass is 16.5. The number of amides is 1. The van der Waals surface area contributed by atoms with E-state index in [1.54, 1.807) is 54.6 Å². The van der Waals surface area contributed by atoms with Crippen molar-refractivity contribution < 1.29 is 38.8 Å². The third-order valence-corrected chi connectivity index (χ3v) is 6.14. The van der Waals surface area contributed by atoms with Gasteiger partial charge in [-0.2, -0.15) is 0 Å². The summed E-state index contributed by atoms with van der Waals surface area (Å²) in [5, 5.41) is 21.1. The number of nitrogens with zero attached hydrogens (tertiary/aromatic N) is 1. The largest absolute Gasteiger partial charge is 0.508 e. The van der Waals surface area contributed by atoms with Crippen LogP contribution in [0.5, 0.6) is 17.2 Å². The maximum absolute atomic E-state index is 13.3. The van der Waals surface area contributed by atoms with E-state index in [1.807, 2.05) is 0 Å². The van der Waals surface area contributed by atoms with E-state index in [9.17, 15) is 24.6 Å². The minimum absolute atomic E-state index is 0.0101. The van der Waals surface area contributed by atoms with Gasteiger partial charge in [0, 0.05) is 12.6 Å². The van der Waals surface area contributed by atoms with Gasteiger partial charge in [0.15, 0.2) is 0 Å². The fourth-order valence-electron chi connectivity index (χ4n) is 4.25. The van der Waals surface area contributed by atoms with Gasteiger partial charge in [-0.25, -0.2) is 4.79 Å². The van der Waals surface area contributed by atoms with E-state index in [0.717, 1.165) is 0 Å². The number of phenols is 1. The van der Waals surface area contributed by atoms with Crippen LogP contribution in [-0.2, 0) is 20.9 Å². The van der Waals surface area contributed by atoms with Crippen molar-refractivity contribution in [2.24, 2.45) is 0 Å². The average molecular weight is 504 g/mol. The summed E-state index contributed by atoms with van der Waals surface area (Å²) >= 11 is 0. The number of benzene rings is 3. The van der Waals surface area contributed by atoms with Crippen molar-refractivity contribution in [1.29, 1.82) is 0 Å². The third kappa shape index (κ3) is 4.84. The first-order valence-corrected chi connectivity index (χ1v) is 11.3. The Kier molecular flexibility index (Phi) is 7.15. The molecule has 1 unspecified atom stereocenters. The average Bonchev–Trinajstić information content (AvgIpc) is 3.17. The minimum Gasteiger partial charge on any atom is -0.508 e. The van der Waals surface area contributed by atoms with Gasteiger partial charge in [0.1, 0.15) is 23.0 Å². The SMILES string of the molecule is COC(=O)c1ccc(CN2C(=O)C(=O)/C(=C(\O)c3ccc(OC)cc3OC)C2c2ccc(O)cc2)cc1. The number of aliphatic hydroxyl groups excluding tert-OH is 1. The fourth-order valence-corrected chi connectivity index (χ4v) is 4.25. The highest BCUT2D eigenvalue weighted by molar-refractivity contribution is 6.46. The van der Waals surface area contributed by atoms with E-state index in [-0.39, 0.29) is 29.2 Å². The molecule has 2 N–H and O–H groups in total. The summed E-state index contributed by atoms with van der Waals surface area (Å²) < 4.78 is 15.3. The van der Waals surface area contributed by atoms with E-state index in [1.165, 1.54) is 38.4 Å². The Morgan fingerprint density at radius 3 is 2.19 bits per heavy atom. The van der Waals surface area contributed by atoms with Crippen LogP contribution in [-0.4, -0.2) is 54.1 Å². The zero-order valence-corrected chi connectivity index (χ0v) is 20.4. The van der Waals surface area contributed by atoms with E-state index >= 15 is 0 Å². The molecule has 1 heterocycles. The van der Waals surface area contributed by atoms with Crippen molar-refractivity contribution in [2.45, 2.75) is 12.6 Å². The molecular formula is C28H25NO8. The smallest absolute Gasteiger partial charge is 0.337 e. The van der Waals surface area contributed by atoms with Gasteiger partial charge in [0.2, 0.25) is 0 Å². The van der Waals surface area contributed by atoms with E-state index < -0.39 is 29.5 Å². The quantitative estimate of drug-likeness (QED) is 0.216. The molecule has 9 heteroatoms. The molecule has 0 aromatic heterocycles. The van der Waals surface area contributed by atoms with Gasteiger partial charge < -0.3 is 29.3 Å². The highest BCUT2D eigenvalue weighted by Crippen LogP contribution is 2.42. The summed E-state index contributed by atoms with van der Waals surface area (Å²) in [5.41, 5.74) is 1.60. The van der Waals surface area contributed by atoms with Crippen LogP contribution < -0.4 is 9.47 Å². The molecule has 1 atom stereocenters. The molecule has 0 bridgehead atoms. The number of likely N-dealkylation sites (tertiary alicyclic amines) is 1. The Hall–Kier alpha value is -4.79. The second kappa shape index (κ2) is 10.4. The first-order chi connectivity index (χ1) is 17.8. The van der Waals surface area contributed by atoms with Crippen molar-refractivity contribution >= 4 is 23.4 Å². The zero-order chi connectivity index (χ0) is 26.7. The Morgan fingerprint density at radius 1 is 0.919 bits per heavy atom. The molecule has 0 saturated carbocycles. The Balaban J connectivity index is 1.82. The molecule has 3 aromatic carbocycles. The van der Waals surface area contributed by atoms with E-state index in [2.05, 4.69) is 0 Å². The van der Waals surface area contributed by atoms with Gasteiger partial charge in [-0.15, -0.1) is 0 Å². The molecule has 0 radical (unpaired) electrons. The molecule has 37 heavy (non-hydrogen) atoms. The summed E-state index contributed by atoms with van der Waals surface area (Å²) in [4.78, 5) is 39.6. The standard InChI is InChI=1S/C28H25NO8/c1-35-20-12-13-21(22(14-20)36-2)25(31)23-24(17-8-10-19(30)11-9-17)29(27(33)26(23)32)15-16-4-6-18(7-5-16)28(34)37-3/h4-14,24,30-31H,15H2,1-3H3/b25-23-. The minimum atomic E-state index is -0.951. The predicted molar refractivity (Wildman–Crippen MR) is 133 cm³/mol. The number of aromatic hydroxyl groups is 1. The van der Waals surface area contributed by atoms with Crippen molar-refractivity contribution in [2.75, 3.05) is 21.3 Å². The molecule has 1 aliphatic heterocycles. The second-order valence-corrected chi connectivity index (χ2v) is 8.27. The first-order valence-electron chi connectivity index (χ1n) is 11.3. The number of carbonyl (C=O) groups excluding carboxylic acids is 3. The summed E-state index contributed by atoms with van der Waals surface area (Å²) in [6.07, 6.45) is 0. The number of ether oxygens (including phenoxy) is 3. The molecule has 9 nitrogen and oxygen atoms in total. The van der Waals surface area contributed by atoms with Gasteiger partial charge in [-0.3, -0.25) is 9.59 Å². The second-order valence-electron chi connectivity index (χ2n) is 8.27. The number of rotatable bonds is 7. The molecule has 4 rings (SSSR count). The number of esters is 1. The van der Waals surface area contributed by atoms with E-state index in [0.29, 0.717) is 22.4 Å². The molecule has 190 valence electrons. The van der Waals surface area contributed by atoms with Gasteiger partial charge >= 0.3 is 5.97 Å². The Labute approximate surface area is 213 Å². The lowest BCUT2D eigenvalue weighted by atomic mass is 9.94. The number of aliphatic hydroxyl groups is 1. The van der Waals surface area contributed by atoms with Crippen LogP contribution in [0, 0.1) is 0 Å². The van der Waals surface area contributed by atoms with Crippen LogP contribution in [0.2, 0.25) is 0 Å². The van der Waals surface area contributed by atoms with Crippen LogP contribution in [0.1, 0.15) is 33.1 Å². The van der Waals surface area contributed by atoms with Gasteiger partial charge in [0.05, 0.1) is 44.1 Å². The highest BCUT2D eigenvalue weighted by Gasteiger charge is 2.46. The number of hydrogen-bond acceptors (Lipinski definition) is 8. The molecule has 0 spiro atoms. The van der Waals surface area contributed by atoms with E-state index in [4.69, 9.17) is 14.2 Å². The first kappa shape index (κ1) is 25.3. The lowest BCUT2D eigenvalue weighted by Gasteiger charge is -2.25.